The van der Waals surface area contributed by atoms with Crippen LogP contribution in [0.4, 0.5) is 0 Å². The maximum absolute atomic E-state index is 10.7. The molecule has 0 fully saturated rings. The summed E-state index contributed by atoms with van der Waals surface area (Å²) in [6.45, 7) is 1.88. The van der Waals surface area contributed by atoms with Crippen molar-refractivity contribution < 1.29 is 14.6 Å². The number of hydrogen-bond donors (Lipinski definition) is 1. The summed E-state index contributed by atoms with van der Waals surface area (Å²) < 4.78 is 5.58. The van der Waals surface area contributed by atoms with Gasteiger partial charge in [0.15, 0.2) is 0 Å². The maximum atomic E-state index is 10.7. The second kappa shape index (κ2) is 4.97. The number of aryl methyl sites for hydroxylation is 1. The first-order valence-electron chi connectivity index (χ1n) is 5.05. The van der Waals surface area contributed by atoms with Crippen LogP contribution in [0.2, 0.25) is 0 Å². The van der Waals surface area contributed by atoms with Crippen LogP contribution in [-0.2, 0) is 11.2 Å². The summed E-state index contributed by atoms with van der Waals surface area (Å²) in [6.07, 6.45) is -0.0550. The maximum Gasteiger partial charge on any atom is 0.307 e. The first kappa shape index (κ1) is 11.6. The molecule has 0 aliphatic heterocycles. The molecule has 0 spiro atoms. The third kappa shape index (κ3) is 3.04. The predicted molar refractivity (Wildman–Crippen MR) is 64.7 cm³/mol. The Balaban J connectivity index is 2.23. The van der Waals surface area contributed by atoms with Gasteiger partial charge in [-0.15, -0.1) is 0 Å². The van der Waals surface area contributed by atoms with E-state index in [-0.39, 0.29) is 6.42 Å². The summed E-state index contributed by atoms with van der Waals surface area (Å²) in [5, 5.41) is 11.2. The van der Waals surface area contributed by atoms with Gasteiger partial charge in [-0.25, -0.2) is 4.98 Å². The fraction of sp³-hybridized carbons (Fsp3) is 0.167. The number of hydrogen-bond acceptors (Lipinski definition) is 4. The van der Waals surface area contributed by atoms with Crippen LogP contribution >= 0.6 is 11.3 Å². The van der Waals surface area contributed by atoms with Gasteiger partial charge in [0.2, 0.25) is 0 Å². The van der Waals surface area contributed by atoms with Gasteiger partial charge in [-0.1, -0.05) is 29.5 Å². The largest absolute Gasteiger partial charge is 0.481 e. The molecule has 0 aliphatic carbocycles. The number of carbonyl (C=O) groups is 1. The first-order valence-corrected chi connectivity index (χ1v) is 5.93. The molecule has 0 unspecified atom stereocenters. The van der Waals surface area contributed by atoms with Crippen molar-refractivity contribution in [3.05, 3.63) is 40.9 Å². The zero-order valence-corrected chi connectivity index (χ0v) is 10.0. The number of benzene rings is 1. The van der Waals surface area contributed by atoms with Crippen molar-refractivity contribution in [2.45, 2.75) is 13.3 Å². The number of rotatable bonds is 4. The van der Waals surface area contributed by atoms with Crippen molar-refractivity contribution >= 4 is 17.3 Å². The highest BCUT2D eigenvalue weighted by Gasteiger charge is 2.09. The van der Waals surface area contributed by atoms with Gasteiger partial charge >= 0.3 is 5.97 Å². The highest BCUT2D eigenvalue weighted by Crippen LogP contribution is 2.27. The third-order valence-electron chi connectivity index (χ3n) is 2.11. The summed E-state index contributed by atoms with van der Waals surface area (Å²) in [5.41, 5.74) is 1.54. The number of carboxylic acid groups (broad SMARTS) is 1. The zero-order chi connectivity index (χ0) is 12.3. The average molecular weight is 249 g/mol. The molecular formula is C12H11NO3S. The van der Waals surface area contributed by atoms with E-state index in [1.165, 1.54) is 11.3 Å². The summed E-state index contributed by atoms with van der Waals surface area (Å²) in [6, 6.07) is 7.08. The van der Waals surface area contributed by atoms with E-state index in [0.717, 1.165) is 5.69 Å². The lowest BCUT2D eigenvalue weighted by atomic mass is 10.1. The second-order valence-corrected chi connectivity index (χ2v) is 4.36. The van der Waals surface area contributed by atoms with Crippen molar-refractivity contribution in [3.63, 3.8) is 0 Å². The SMILES string of the molecule is Cc1csc(Oc2ccccc2CC(=O)O)n1. The van der Waals surface area contributed by atoms with E-state index in [0.29, 0.717) is 16.5 Å². The number of aromatic nitrogens is 1. The number of aliphatic carboxylic acids is 1. The van der Waals surface area contributed by atoms with Gasteiger partial charge in [-0.05, 0) is 13.0 Å². The Morgan fingerprint density at radius 2 is 2.24 bits per heavy atom. The molecule has 2 aromatic rings. The minimum atomic E-state index is -0.878. The highest BCUT2D eigenvalue weighted by molar-refractivity contribution is 7.11. The van der Waals surface area contributed by atoms with Crippen molar-refractivity contribution in [2.75, 3.05) is 0 Å². The molecule has 0 amide bonds. The molecule has 0 bridgehead atoms. The van der Waals surface area contributed by atoms with Gasteiger partial charge in [0, 0.05) is 10.9 Å². The molecule has 0 atom stereocenters. The van der Waals surface area contributed by atoms with Crippen LogP contribution in [0.3, 0.4) is 0 Å². The molecular weight excluding hydrogens is 238 g/mol. The predicted octanol–water partition coefficient (Wildman–Crippen LogP) is 2.87. The molecule has 1 aromatic carbocycles. The molecule has 4 nitrogen and oxygen atoms in total. The molecule has 88 valence electrons. The van der Waals surface area contributed by atoms with Crippen LogP contribution in [0.1, 0.15) is 11.3 Å². The van der Waals surface area contributed by atoms with E-state index in [1.54, 1.807) is 24.3 Å². The smallest absolute Gasteiger partial charge is 0.307 e. The summed E-state index contributed by atoms with van der Waals surface area (Å²) in [7, 11) is 0. The number of nitrogens with zero attached hydrogens (tertiary/aromatic N) is 1. The van der Waals surface area contributed by atoms with E-state index < -0.39 is 5.97 Å². The van der Waals surface area contributed by atoms with Gasteiger partial charge < -0.3 is 9.84 Å². The lowest BCUT2D eigenvalue weighted by molar-refractivity contribution is -0.136. The molecule has 1 aromatic heterocycles. The van der Waals surface area contributed by atoms with Crippen molar-refractivity contribution in [1.29, 1.82) is 0 Å². The van der Waals surface area contributed by atoms with Gasteiger partial charge in [0.1, 0.15) is 5.75 Å². The minimum absolute atomic E-state index is 0.0550. The molecule has 0 aliphatic rings. The Bertz CT molecular complexity index is 536. The number of carboxylic acids is 1. The van der Waals surface area contributed by atoms with Crippen LogP contribution in [0, 0.1) is 6.92 Å². The fourth-order valence-corrected chi connectivity index (χ4v) is 2.04. The molecule has 5 heteroatoms. The summed E-state index contributed by atoms with van der Waals surface area (Å²) >= 11 is 1.39. The second-order valence-electron chi connectivity index (χ2n) is 3.54. The Labute approximate surface area is 103 Å². The van der Waals surface area contributed by atoms with E-state index in [1.807, 2.05) is 12.3 Å². The monoisotopic (exact) mass is 249 g/mol. The fourth-order valence-electron chi connectivity index (χ4n) is 1.39. The minimum Gasteiger partial charge on any atom is -0.481 e. The highest BCUT2D eigenvalue weighted by atomic mass is 32.1. The Kier molecular flexibility index (Phi) is 3.39. The van der Waals surface area contributed by atoms with Crippen molar-refractivity contribution in [3.8, 4) is 10.9 Å². The van der Waals surface area contributed by atoms with E-state index >= 15 is 0 Å². The van der Waals surface area contributed by atoms with Crippen molar-refractivity contribution in [2.24, 2.45) is 0 Å². The normalized spacial score (nSPS) is 10.2. The Morgan fingerprint density at radius 3 is 2.88 bits per heavy atom. The molecule has 0 saturated heterocycles. The van der Waals surface area contributed by atoms with Gasteiger partial charge in [-0.2, -0.15) is 0 Å². The lowest BCUT2D eigenvalue weighted by Crippen LogP contribution is -2.01. The Hall–Kier alpha value is -1.88. The number of thiazole rings is 1. The first-order chi connectivity index (χ1) is 8.15. The van der Waals surface area contributed by atoms with Gasteiger partial charge in [0.05, 0.1) is 12.1 Å². The van der Waals surface area contributed by atoms with E-state index in [9.17, 15) is 4.79 Å². The van der Waals surface area contributed by atoms with E-state index in [4.69, 9.17) is 9.84 Å². The van der Waals surface area contributed by atoms with E-state index in [2.05, 4.69) is 4.98 Å². The molecule has 1 heterocycles. The molecule has 0 saturated carbocycles. The Morgan fingerprint density at radius 1 is 1.47 bits per heavy atom. The zero-order valence-electron chi connectivity index (χ0n) is 9.21. The quantitative estimate of drug-likeness (QED) is 0.905. The summed E-state index contributed by atoms with van der Waals surface area (Å²) in [4.78, 5) is 14.9. The van der Waals surface area contributed by atoms with Crippen LogP contribution in [0.5, 0.6) is 10.9 Å². The van der Waals surface area contributed by atoms with Crippen LogP contribution < -0.4 is 4.74 Å². The third-order valence-corrected chi connectivity index (χ3v) is 2.94. The summed E-state index contributed by atoms with van der Waals surface area (Å²) in [5.74, 6) is -0.333. The van der Waals surface area contributed by atoms with Crippen LogP contribution in [0.15, 0.2) is 29.6 Å². The standard InChI is InChI=1S/C12H11NO3S/c1-8-7-17-12(13-8)16-10-5-3-2-4-9(10)6-11(14)15/h2-5,7H,6H2,1H3,(H,14,15). The van der Waals surface area contributed by atoms with Gasteiger partial charge in [-0.3, -0.25) is 4.79 Å². The lowest BCUT2D eigenvalue weighted by Gasteiger charge is -2.06. The molecule has 17 heavy (non-hydrogen) atoms. The molecule has 2 rings (SSSR count). The van der Waals surface area contributed by atoms with Crippen molar-refractivity contribution in [1.82, 2.24) is 4.98 Å². The molecule has 1 N–H and O–H groups in total. The average Bonchev–Trinajstić information content (AvgIpc) is 2.66. The number of para-hydroxylation sites is 1. The molecule has 0 radical (unpaired) electrons. The van der Waals surface area contributed by atoms with Gasteiger partial charge in [0.25, 0.3) is 5.19 Å². The number of ether oxygens (including phenoxy) is 1. The topological polar surface area (TPSA) is 59.4 Å². The van der Waals surface area contributed by atoms with Crippen LogP contribution in [-0.4, -0.2) is 16.1 Å². The van der Waals surface area contributed by atoms with Crippen LogP contribution in [0.25, 0.3) is 0 Å².